The molecular weight excluding hydrogens is 216 g/mol. The zero-order valence-electron chi connectivity index (χ0n) is 9.80. The van der Waals surface area contributed by atoms with Gasteiger partial charge in [-0.15, -0.1) is 0 Å². The molecule has 0 bridgehead atoms. The SMILES string of the molecule is Cc1ccc(C(CN)COc2cccnc2)o1. The Morgan fingerprint density at radius 3 is 2.88 bits per heavy atom. The normalized spacial score (nSPS) is 12.4. The summed E-state index contributed by atoms with van der Waals surface area (Å²) in [5.41, 5.74) is 5.72. The van der Waals surface area contributed by atoms with Crippen LogP contribution in [0.2, 0.25) is 0 Å². The third-order valence-electron chi connectivity index (χ3n) is 2.53. The number of nitrogens with two attached hydrogens (primary N) is 1. The Morgan fingerprint density at radius 2 is 2.29 bits per heavy atom. The van der Waals surface area contributed by atoms with E-state index in [-0.39, 0.29) is 5.92 Å². The summed E-state index contributed by atoms with van der Waals surface area (Å²) in [4.78, 5) is 3.99. The highest BCUT2D eigenvalue weighted by molar-refractivity contribution is 5.16. The first-order valence-corrected chi connectivity index (χ1v) is 5.59. The van der Waals surface area contributed by atoms with E-state index in [0.717, 1.165) is 17.3 Å². The summed E-state index contributed by atoms with van der Waals surface area (Å²) in [5, 5.41) is 0. The molecular formula is C13H16N2O2. The number of aromatic nitrogens is 1. The van der Waals surface area contributed by atoms with Crippen LogP contribution in [0.4, 0.5) is 0 Å². The molecule has 1 unspecified atom stereocenters. The molecule has 4 heteroatoms. The van der Waals surface area contributed by atoms with Gasteiger partial charge in [-0.2, -0.15) is 0 Å². The van der Waals surface area contributed by atoms with Crippen LogP contribution < -0.4 is 10.5 Å². The van der Waals surface area contributed by atoms with Crippen LogP contribution in [0.25, 0.3) is 0 Å². The lowest BCUT2D eigenvalue weighted by molar-refractivity contribution is 0.270. The van der Waals surface area contributed by atoms with Crippen molar-refractivity contribution in [1.29, 1.82) is 0 Å². The molecule has 4 nitrogen and oxygen atoms in total. The molecule has 0 aliphatic carbocycles. The minimum atomic E-state index is 0.0731. The van der Waals surface area contributed by atoms with E-state index >= 15 is 0 Å². The molecule has 0 aliphatic heterocycles. The number of aryl methyl sites for hydroxylation is 1. The predicted molar refractivity (Wildman–Crippen MR) is 65.0 cm³/mol. The number of furan rings is 1. The lowest BCUT2D eigenvalue weighted by Gasteiger charge is -2.13. The van der Waals surface area contributed by atoms with Crippen LogP contribution in [-0.4, -0.2) is 18.1 Å². The zero-order chi connectivity index (χ0) is 12.1. The first kappa shape index (κ1) is 11.7. The van der Waals surface area contributed by atoms with E-state index in [0.29, 0.717) is 13.2 Å². The van der Waals surface area contributed by atoms with Crippen molar-refractivity contribution < 1.29 is 9.15 Å². The second-order valence-electron chi connectivity index (χ2n) is 3.88. The Kier molecular flexibility index (Phi) is 3.77. The highest BCUT2D eigenvalue weighted by Crippen LogP contribution is 2.19. The molecule has 0 amide bonds. The average molecular weight is 232 g/mol. The van der Waals surface area contributed by atoms with Gasteiger partial charge in [0.05, 0.1) is 18.7 Å². The van der Waals surface area contributed by atoms with Crippen molar-refractivity contribution in [2.24, 2.45) is 5.73 Å². The fourth-order valence-electron chi connectivity index (χ4n) is 1.57. The van der Waals surface area contributed by atoms with Crippen LogP contribution in [0.1, 0.15) is 17.4 Å². The van der Waals surface area contributed by atoms with Gasteiger partial charge in [-0.25, -0.2) is 0 Å². The van der Waals surface area contributed by atoms with Gasteiger partial charge in [0.15, 0.2) is 0 Å². The molecule has 2 N–H and O–H groups in total. The summed E-state index contributed by atoms with van der Waals surface area (Å²) in [5.74, 6) is 2.58. The minimum absolute atomic E-state index is 0.0731. The fourth-order valence-corrected chi connectivity index (χ4v) is 1.57. The maximum atomic E-state index is 5.72. The maximum absolute atomic E-state index is 5.72. The minimum Gasteiger partial charge on any atom is -0.491 e. The third kappa shape index (κ3) is 3.07. The van der Waals surface area contributed by atoms with Crippen LogP contribution in [0, 0.1) is 6.92 Å². The summed E-state index contributed by atoms with van der Waals surface area (Å²) in [6.07, 6.45) is 3.39. The Balaban J connectivity index is 1.97. The average Bonchev–Trinajstić information content (AvgIpc) is 2.78. The highest BCUT2D eigenvalue weighted by Gasteiger charge is 2.14. The molecule has 0 aromatic carbocycles. The van der Waals surface area contributed by atoms with Gasteiger partial charge < -0.3 is 14.9 Å². The molecule has 1 atom stereocenters. The van der Waals surface area contributed by atoms with E-state index < -0.39 is 0 Å². The summed E-state index contributed by atoms with van der Waals surface area (Å²) in [7, 11) is 0. The van der Waals surface area contributed by atoms with Gasteiger partial charge >= 0.3 is 0 Å². The van der Waals surface area contributed by atoms with Crippen LogP contribution in [0.3, 0.4) is 0 Å². The van der Waals surface area contributed by atoms with Crippen LogP contribution in [0.15, 0.2) is 41.1 Å². The number of pyridine rings is 1. The van der Waals surface area contributed by atoms with E-state index in [9.17, 15) is 0 Å². The number of hydrogen-bond acceptors (Lipinski definition) is 4. The summed E-state index contributed by atoms with van der Waals surface area (Å²) in [6.45, 7) is 2.90. The van der Waals surface area contributed by atoms with E-state index in [1.165, 1.54) is 0 Å². The molecule has 0 saturated heterocycles. The first-order chi connectivity index (χ1) is 8.29. The van der Waals surface area contributed by atoms with Crippen molar-refractivity contribution in [3.63, 3.8) is 0 Å². The van der Waals surface area contributed by atoms with Gasteiger partial charge in [0.1, 0.15) is 17.3 Å². The lowest BCUT2D eigenvalue weighted by atomic mass is 10.1. The topological polar surface area (TPSA) is 61.3 Å². The van der Waals surface area contributed by atoms with E-state index in [1.54, 1.807) is 12.4 Å². The summed E-state index contributed by atoms with van der Waals surface area (Å²) < 4.78 is 11.2. The second-order valence-corrected chi connectivity index (χ2v) is 3.88. The molecule has 2 aromatic rings. The Labute approximate surface area is 100 Å². The largest absolute Gasteiger partial charge is 0.491 e. The van der Waals surface area contributed by atoms with Gasteiger partial charge in [-0.3, -0.25) is 4.98 Å². The Morgan fingerprint density at radius 1 is 1.41 bits per heavy atom. The van der Waals surface area contributed by atoms with Crippen LogP contribution in [0.5, 0.6) is 5.75 Å². The highest BCUT2D eigenvalue weighted by atomic mass is 16.5. The van der Waals surface area contributed by atoms with Crippen molar-refractivity contribution in [3.05, 3.63) is 48.2 Å². The molecule has 90 valence electrons. The van der Waals surface area contributed by atoms with Gasteiger partial charge in [-0.1, -0.05) is 0 Å². The quantitative estimate of drug-likeness (QED) is 0.857. The van der Waals surface area contributed by atoms with Gasteiger partial charge in [0.25, 0.3) is 0 Å². The van der Waals surface area contributed by atoms with Crippen molar-refractivity contribution >= 4 is 0 Å². The van der Waals surface area contributed by atoms with Crippen molar-refractivity contribution in [3.8, 4) is 5.75 Å². The van der Waals surface area contributed by atoms with Crippen molar-refractivity contribution in [2.45, 2.75) is 12.8 Å². The predicted octanol–water partition coefficient (Wildman–Crippen LogP) is 2.10. The Bertz CT molecular complexity index is 453. The molecule has 0 radical (unpaired) electrons. The number of hydrogen-bond donors (Lipinski definition) is 1. The van der Waals surface area contributed by atoms with E-state index in [4.69, 9.17) is 14.9 Å². The molecule has 17 heavy (non-hydrogen) atoms. The Hall–Kier alpha value is -1.81. The van der Waals surface area contributed by atoms with Gasteiger partial charge in [0, 0.05) is 12.7 Å². The third-order valence-corrected chi connectivity index (χ3v) is 2.53. The lowest BCUT2D eigenvalue weighted by Crippen LogP contribution is -2.19. The first-order valence-electron chi connectivity index (χ1n) is 5.59. The zero-order valence-corrected chi connectivity index (χ0v) is 9.80. The maximum Gasteiger partial charge on any atom is 0.137 e. The number of ether oxygens (including phenoxy) is 1. The molecule has 2 heterocycles. The van der Waals surface area contributed by atoms with Gasteiger partial charge in [-0.05, 0) is 31.2 Å². The standard InChI is InChI=1S/C13H16N2O2/c1-10-4-5-13(17-10)11(7-14)9-16-12-3-2-6-15-8-12/h2-6,8,11H,7,9,14H2,1H3. The molecule has 2 aromatic heterocycles. The molecule has 0 aliphatic rings. The van der Waals surface area contributed by atoms with Crippen LogP contribution in [-0.2, 0) is 0 Å². The smallest absolute Gasteiger partial charge is 0.137 e. The summed E-state index contributed by atoms with van der Waals surface area (Å²) >= 11 is 0. The fraction of sp³-hybridized carbons (Fsp3) is 0.308. The number of nitrogens with zero attached hydrogens (tertiary/aromatic N) is 1. The van der Waals surface area contributed by atoms with Gasteiger partial charge in [0.2, 0.25) is 0 Å². The molecule has 0 saturated carbocycles. The van der Waals surface area contributed by atoms with E-state index in [2.05, 4.69) is 4.98 Å². The second kappa shape index (κ2) is 5.50. The molecule has 0 fully saturated rings. The van der Waals surface area contributed by atoms with Crippen molar-refractivity contribution in [2.75, 3.05) is 13.2 Å². The number of rotatable bonds is 5. The van der Waals surface area contributed by atoms with E-state index in [1.807, 2.05) is 31.2 Å². The summed E-state index contributed by atoms with van der Waals surface area (Å²) in [6, 6.07) is 7.58. The van der Waals surface area contributed by atoms with Crippen LogP contribution >= 0.6 is 0 Å². The molecule has 0 spiro atoms. The molecule has 2 rings (SSSR count). The van der Waals surface area contributed by atoms with Crippen molar-refractivity contribution in [1.82, 2.24) is 4.98 Å². The monoisotopic (exact) mass is 232 g/mol.